The van der Waals surface area contributed by atoms with Crippen molar-refractivity contribution in [1.82, 2.24) is 13.5 Å². The third-order valence-electron chi connectivity index (χ3n) is 15.1. The van der Waals surface area contributed by atoms with Crippen molar-refractivity contribution in [3.63, 3.8) is 0 Å². The molecule has 0 aliphatic heterocycles. The minimum atomic E-state index is 1.15. The van der Waals surface area contributed by atoms with Crippen LogP contribution in [0.25, 0.3) is 148 Å². The second-order valence-corrected chi connectivity index (χ2v) is 18.4. The molecule has 0 saturated heterocycles. The smallest absolute Gasteiger partial charge is 0.0620 e. The molecule has 0 bridgehead atoms. The first-order valence-electron chi connectivity index (χ1n) is 23.3. The molecular formula is C64H37N3. The molecule has 0 atom stereocenters. The highest BCUT2D eigenvalue weighted by Crippen LogP contribution is 2.44. The van der Waals surface area contributed by atoms with Crippen molar-refractivity contribution in [3.05, 3.63) is 224 Å². The Morgan fingerprint density at radius 2 is 0.687 bits per heavy atom. The third kappa shape index (κ3) is 4.69. The van der Waals surface area contributed by atoms with Crippen LogP contribution in [0.3, 0.4) is 0 Å². The number of para-hydroxylation sites is 4. The van der Waals surface area contributed by atoms with E-state index in [2.05, 4.69) is 238 Å². The van der Waals surface area contributed by atoms with E-state index in [1.807, 2.05) is 0 Å². The van der Waals surface area contributed by atoms with Gasteiger partial charge in [0.2, 0.25) is 0 Å². The largest absolute Gasteiger partial charge is 0.309 e. The normalized spacial score (nSPS) is 12.5. The average Bonchev–Trinajstić information content (AvgIpc) is 4.12. The van der Waals surface area contributed by atoms with Gasteiger partial charge < -0.3 is 13.5 Å². The van der Waals surface area contributed by atoms with Crippen LogP contribution in [0.2, 0.25) is 0 Å². The van der Waals surface area contributed by atoms with E-state index in [9.17, 15) is 0 Å². The molecule has 4 aromatic heterocycles. The van der Waals surface area contributed by atoms with Crippen LogP contribution in [0.5, 0.6) is 0 Å². The number of rotatable bonds is 4. The van der Waals surface area contributed by atoms with Crippen LogP contribution >= 0.6 is 0 Å². The van der Waals surface area contributed by atoms with Gasteiger partial charge in [-0.2, -0.15) is 0 Å². The van der Waals surface area contributed by atoms with Gasteiger partial charge >= 0.3 is 0 Å². The van der Waals surface area contributed by atoms with E-state index >= 15 is 0 Å². The van der Waals surface area contributed by atoms with Crippen LogP contribution in [0.15, 0.2) is 224 Å². The van der Waals surface area contributed by atoms with Crippen molar-refractivity contribution >= 4 is 114 Å². The van der Waals surface area contributed by atoms with Gasteiger partial charge in [-0.05, 0) is 128 Å². The Hall–Kier alpha value is -8.92. The second-order valence-electron chi connectivity index (χ2n) is 18.4. The minimum absolute atomic E-state index is 1.15. The molecule has 3 heteroatoms. The van der Waals surface area contributed by atoms with E-state index in [1.54, 1.807) is 0 Å². The summed E-state index contributed by atoms with van der Waals surface area (Å²) in [6, 6.07) is 83.8. The first-order chi connectivity index (χ1) is 33.2. The maximum atomic E-state index is 2.48. The summed E-state index contributed by atoms with van der Waals surface area (Å²) < 4.78 is 7.36. The molecule has 0 radical (unpaired) electrons. The van der Waals surface area contributed by atoms with Gasteiger partial charge in [0, 0.05) is 54.2 Å². The lowest BCUT2D eigenvalue weighted by atomic mass is 9.93. The fourth-order valence-corrected chi connectivity index (χ4v) is 12.2. The standard InChI is InChI=1S/C64H37N3/c1-5-16-55-46(12-1)51-34-42(43-27-33-61-52(35-43)47-13-2-6-17-56(47)66(61)59-31-25-41-21-20-39-10-9-11-40-24-30-50(59)63(41)62(39)40)26-32-60(51)65(55)45-28-22-38(23-29-45)44-36-53-48-14-3-7-18-57(48)67-58-19-8-4-15-49(58)54(37-44)64(53)67/h1-37H. The molecule has 0 aliphatic carbocycles. The summed E-state index contributed by atoms with van der Waals surface area (Å²) in [5.41, 5.74) is 15.9. The molecule has 4 heterocycles. The summed E-state index contributed by atoms with van der Waals surface area (Å²) in [6.07, 6.45) is 0. The molecule has 67 heavy (non-hydrogen) atoms. The molecule has 0 amide bonds. The summed E-state index contributed by atoms with van der Waals surface area (Å²) >= 11 is 0. The van der Waals surface area contributed by atoms with Gasteiger partial charge in [-0.25, -0.2) is 0 Å². The molecule has 3 nitrogen and oxygen atoms in total. The molecule has 308 valence electrons. The topological polar surface area (TPSA) is 14.3 Å². The van der Waals surface area contributed by atoms with Gasteiger partial charge in [-0.15, -0.1) is 0 Å². The first-order valence-corrected chi connectivity index (χ1v) is 23.3. The lowest BCUT2D eigenvalue weighted by Gasteiger charge is -2.16. The van der Waals surface area contributed by atoms with Gasteiger partial charge in [0.15, 0.2) is 0 Å². The Bertz CT molecular complexity index is 4630. The molecule has 0 spiro atoms. The number of hydrogen-bond donors (Lipinski definition) is 0. The molecule has 0 unspecified atom stereocenters. The van der Waals surface area contributed by atoms with Crippen LogP contribution in [0.4, 0.5) is 0 Å². The predicted octanol–water partition coefficient (Wildman–Crippen LogP) is 17.3. The molecule has 0 N–H and O–H groups in total. The Morgan fingerprint density at radius 3 is 1.30 bits per heavy atom. The van der Waals surface area contributed by atoms with E-state index in [-0.39, 0.29) is 0 Å². The fourth-order valence-electron chi connectivity index (χ4n) is 12.2. The summed E-state index contributed by atoms with van der Waals surface area (Å²) in [5.74, 6) is 0. The van der Waals surface area contributed by atoms with E-state index < -0.39 is 0 Å². The van der Waals surface area contributed by atoms with Crippen molar-refractivity contribution in [2.75, 3.05) is 0 Å². The summed E-state index contributed by atoms with van der Waals surface area (Å²) in [7, 11) is 0. The maximum absolute atomic E-state index is 2.48. The molecule has 0 saturated carbocycles. The van der Waals surface area contributed by atoms with Crippen LogP contribution in [0, 0.1) is 0 Å². The van der Waals surface area contributed by atoms with Gasteiger partial charge in [0.1, 0.15) is 0 Å². The zero-order valence-electron chi connectivity index (χ0n) is 36.2. The monoisotopic (exact) mass is 847 g/mol. The minimum Gasteiger partial charge on any atom is -0.309 e. The van der Waals surface area contributed by atoms with E-state index in [0.29, 0.717) is 0 Å². The van der Waals surface area contributed by atoms with Crippen LogP contribution in [0.1, 0.15) is 0 Å². The first kappa shape index (κ1) is 35.4. The van der Waals surface area contributed by atoms with Crippen molar-refractivity contribution in [2.45, 2.75) is 0 Å². The maximum Gasteiger partial charge on any atom is 0.0620 e. The van der Waals surface area contributed by atoms with Gasteiger partial charge in [-0.1, -0.05) is 146 Å². The van der Waals surface area contributed by atoms with Crippen molar-refractivity contribution in [1.29, 1.82) is 0 Å². The zero-order valence-corrected chi connectivity index (χ0v) is 36.2. The van der Waals surface area contributed by atoms with Gasteiger partial charge in [-0.3, -0.25) is 0 Å². The van der Waals surface area contributed by atoms with E-state index in [4.69, 9.17) is 0 Å². The SMILES string of the molecule is c1cc2ccc3ccc(-n4c5ccccc5c5cc(-c6ccc7c(c6)c6ccccc6n7-c6ccc(-c7cc8c9ccccc9n9c%10ccccc%10c(c7)c89)cc6)ccc54)c4ccc(c1)c2c34. The van der Waals surface area contributed by atoms with Crippen molar-refractivity contribution in [2.24, 2.45) is 0 Å². The highest BCUT2D eigenvalue weighted by atomic mass is 15.0. The molecular weight excluding hydrogens is 811 g/mol. The predicted molar refractivity (Wildman–Crippen MR) is 284 cm³/mol. The van der Waals surface area contributed by atoms with E-state index in [1.165, 1.54) is 142 Å². The molecule has 0 fully saturated rings. The average molecular weight is 848 g/mol. The van der Waals surface area contributed by atoms with Gasteiger partial charge in [0.25, 0.3) is 0 Å². The Morgan fingerprint density at radius 1 is 0.239 bits per heavy atom. The zero-order chi connectivity index (χ0) is 43.5. The number of nitrogens with zero attached hydrogens (tertiary/aromatic N) is 3. The number of aromatic nitrogens is 3. The Kier molecular flexibility index (Phi) is 6.81. The molecule has 16 aromatic rings. The van der Waals surface area contributed by atoms with Crippen LogP contribution in [-0.2, 0) is 0 Å². The molecule has 16 rings (SSSR count). The third-order valence-corrected chi connectivity index (χ3v) is 15.1. The summed E-state index contributed by atoms with van der Waals surface area (Å²) in [4.78, 5) is 0. The quantitative estimate of drug-likeness (QED) is 0.157. The molecule has 12 aromatic carbocycles. The van der Waals surface area contributed by atoms with Crippen LogP contribution < -0.4 is 0 Å². The van der Waals surface area contributed by atoms with Gasteiger partial charge in [0.05, 0.1) is 44.3 Å². The summed E-state index contributed by atoms with van der Waals surface area (Å²) in [5, 5.41) is 18.0. The summed E-state index contributed by atoms with van der Waals surface area (Å²) in [6.45, 7) is 0. The lowest BCUT2D eigenvalue weighted by molar-refractivity contribution is 1.18. The van der Waals surface area contributed by atoms with Crippen LogP contribution in [-0.4, -0.2) is 13.5 Å². The molecule has 0 aliphatic rings. The number of hydrogen-bond acceptors (Lipinski definition) is 0. The highest BCUT2D eigenvalue weighted by molar-refractivity contribution is 6.26. The number of benzene rings is 12. The Balaban J connectivity index is 0.823. The highest BCUT2D eigenvalue weighted by Gasteiger charge is 2.21. The lowest BCUT2D eigenvalue weighted by Crippen LogP contribution is -1.96. The van der Waals surface area contributed by atoms with Crippen molar-refractivity contribution < 1.29 is 0 Å². The second kappa shape index (κ2) is 12.9. The Labute approximate surface area is 383 Å². The fraction of sp³-hybridized carbons (Fsp3) is 0. The van der Waals surface area contributed by atoms with Crippen molar-refractivity contribution in [3.8, 4) is 33.6 Å². The number of fused-ring (bicyclic) bond motifs is 12. The van der Waals surface area contributed by atoms with E-state index in [0.717, 1.165) is 5.69 Å².